The molecule has 0 unspecified atom stereocenters. The van der Waals surface area contributed by atoms with Crippen LogP contribution in [0.5, 0.6) is 0 Å². The Bertz CT molecular complexity index is 1130. The van der Waals surface area contributed by atoms with E-state index >= 15 is 0 Å². The van der Waals surface area contributed by atoms with Gasteiger partial charge in [-0.15, -0.1) is 0 Å². The lowest BCUT2D eigenvalue weighted by Crippen LogP contribution is -2.61. The molecule has 0 aromatic heterocycles. The summed E-state index contributed by atoms with van der Waals surface area (Å²) < 4.78 is 11.7. The third kappa shape index (κ3) is 18.6. The Balaban J connectivity index is 1.43. The molecule has 0 aliphatic carbocycles. The molecule has 3 saturated heterocycles. The van der Waals surface area contributed by atoms with E-state index in [-0.39, 0.29) is 55.9 Å². The van der Waals surface area contributed by atoms with Gasteiger partial charge in [-0.2, -0.15) is 11.8 Å². The van der Waals surface area contributed by atoms with Crippen molar-refractivity contribution in [3.8, 4) is 0 Å². The minimum Gasteiger partial charge on any atom is -0.390 e. The zero-order valence-corrected chi connectivity index (χ0v) is 35.7. The van der Waals surface area contributed by atoms with Crippen molar-refractivity contribution in [2.45, 2.75) is 228 Å². The molecule has 4 amide bonds. The lowest BCUT2D eigenvalue weighted by molar-refractivity contribution is -0.297. The first-order valence-corrected chi connectivity index (χ1v) is 23.5. The van der Waals surface area contributed by atoms with Gasteiger partial charge < -0.3 is 56.3 Å². The molecule has 14 nitrogen and oxygen atoms in total. The average Bonchev–Trinajstić information content (AvgIpc) is 3.76. The summed E-state index contributed by atoms with van der Waals surface area (Å²) in [4.78, 5) is 37.2. The quantitative estimate of drug-likeness (QED) is 0.0344. The number of aliphatic hydroxyl groups excluding tert-OH is 5. The van der Waals surface area contributed by atoms with Crippen molar-refractivity contribution in [2.24, 2.45) is 0 Å². The van der Waals surface area contributed by atoms with Crippen LogP contribution >= 0.6 is 11.8 Å². The number of carbonyl (C=O) groups is 3. The van der Waals surface area contributed by atoms with Gasteiger partial charge in [0.2, 0.25) is 11.8 Å². The van der Waals surface area contributed by atoms with Crippen LogP contribution < -0.4 is 21.3 Å². The van der Waals surface area contributed by atoms with Gasteiger partial charge in [0.15, 0.2) is 6.29 Å². The highest BCUT2D eigenvalue weighted by atomic mass is 32.2. The van der Waals surface area contributed by atoms with Crippen molar-refractivity contribution >= 4 is 29.6 Å². The summed E-state index contributed by atoms with van der Waals surface area (Å²) in [5.74, 6) is 0.339. The van der Waals surface area contributed by atoms with E-state index in [9.17, 15) is 39.9 Å². The fourth-order valence-electron chi connectivity index (χ4n) is 8.03. The summed E-state index contributed by atoms with van der Waals surface area (Å²) in [6, 6.07) is -0.880. The molecule has 0 aromatic rings. The summed E-state index contributed by atoms with van der Waals surface area (Å²) in [5, 5.41) is 66.0. The second-order valence-electron chi connectivity index (χ2n) is 16.6. The molecule has 3 heterocycles. The van der Waals surface area contributed by atoms with Crippen molar-refractivity contribution in [3.63, 3.8) is 0 Å². The molecule has 3 rings (SSSR count). The maximum absolute atomic E-state index is 12.9. The summed E-state index contributed by atoms with van der Waals surface area (Å²) >= 11 is 1.82. The van der Waals surface area contributed by atoms with Crippen molar-refractivity contribution in [1.82, 2.24) is 21.3 Å². The first kappa shape index (κ1) is 49.6. The Labute approximate surface area is 346 Å². The lowest BCUT2D eigenvalue weighted by atomic mass is 9.98. The zero-order valence-electron chi connectivity index (χ0n) is 34.9. The molecule has 0 aromatic carbocycles. The van der Waals surface area contributed by atoms with Crippen molar-refractivity contribution in [2.75, 3.05) is 18.9 Å². The van der Waals surface area contributed by atoms with Gasteiger partial charge in [-0.05, 0) is 25.7 Å². The molecule has 57 heavy (non-hydrogen) atoms. The third-order valence-electron chi connectivity index (χ3n) is 11.7. The van der Waals surface area contributed by atoms with Crippen LogP contribution in [0.3, 0.4) is 0 Å². The predicted molar refractivity (Wildman–Crippen MR) is 223 cm³/mol. The Hall–Kier alpha value is -1.72. The predicted octanol–water partition coefficient (Wildman–Crippen LogP) is 4.31. The van der Waals surface area contributed by atoms with Gasteiger partial charge in [-0.1, -0.05) is 123 Å². The Morgan fingerprint density at radius 1 is 0.772 bits per heavy atom. The summed E-state index contributed by atoms with van der Waals surface area (Å²) in [6.07, 6.45) is 12.4. The minimum absolute atomic E-state index is 0.113. The Morgan fingerprint density at radius 3 is 2.00 bits per heavy atom. The van der Waals surface area contributed by atoms with Crippen molar-refractivity contribution < 1.29 is 49.4 Å². The smallest absolute Gasteiger partial charge is 0.315 e. The van der Waals surface area contributed by atoms with E-state index in [1.807, 2.05) is 11.8 Å². The van der Waals surface area contributed by atoms with E-state index in [2.05, 4.69) is 35.1 Å². The molecule has 3 aliphatic rings. The van der Waals surface area contributed by atoms with Crippen LogP contribution in [-0.2, 0) is 19.1 Å². The fourth-order valence-corrected chi connectivity index (χ4v) is 9.57. The molecular formula is C42H78N4O10S. The van der Waals surface area contributed by atoms with E-state index in [1.165, 1.54) is 51.4 Å². The van der Waals surface area contributed by atoms with Gasteiger partial charge in [0.1, 0.15) is 30.5 Å². The summed E-state index contributed by atoms with van der Waals surface area (Å²) in [6.45, 7) is 3.89. The third-order valence-corrected chi connectivity index (χ3v) is 13.2. The van der Waals surface area contributed by atoms with E-state index in [0.717, 1.165) is 70.0 Å². The number of hydrogen-bond acceptors (Lipinski definition) is 11. The maximum Gasteiger partial charge on any atom is 0.315 e. The van der Waals surface area contributed by atoms with E-state index < -0.39 is 49.0 Å². The number of amides is 4. The number of nitrogens with one attached hydrogen (secondary N) is 4. The molecule has 15 heteroatoms. The highest BCUT2D eigenvalue weighted by Gasteiger charge is 2.45. The van der Waals surface area contributed by atoms with E-state index in [4.69, 9.17) is 9.47 Å². The van der Waals surface area contributed by atoms with Crippen LogP contribution in [0, 0.1) is 0 Å². The second-order valence-corrected chi connectivity index (χ2v) is 17.9. The van der Waals surface area contributed by atoms with Crippen LogP contribution in [0.2, 0.25) is 0 Å². The van der Waals surface area contributed by atoms with Crippen LogP contribution in [0.15, 0.2) is 0 Å². The molecule has 3 fully saturated rings. The monoisotopic (exact) mass is 831 g/mol. The average molecular weight is 831 g/mol. The van der Waals surface area contributed by atoms with Crippen molar-refractivity contribution in [3.05, 3.63) is 0 Å². The molecule has 9 N–H and O–H groups in total. The molecule has 3 aliphatic heterocycles. The molecule has 11 atom stereocenters. The summed E-state index contributed by atoms with van der Waals surface area (Å²) in [5.41, 5.74) is 0. The number of aliphatic hydroxyl groups is 5. The normalized spacial score (nSPS) is 27.3. The number of thioether (sulfide) groups is 1. The number of carbonyl (C=O) groups excluding carboxylic acids is 3. The molecular weight excluding hydrogens is 753 g/mol. The van der Waals surface area contributed by atoms with Crippen LogP contribution in [-0.4, -0.2) is 129 Å². The summed E-state index contributed by atoms with van der Waals surface area (Å²) in [7, 11) is 0. The molecule has 0 bridgehead atoms. The number of fused-ring (bicyclic) bond motifs is 1. The number of hydrogen-bond donors (Lipinski definition) is 9. The second kappa shape index (κ2) is 28.7. The highest BCUT2D eigenvalue weighted by molar-refractivity contribution is 8.00. The largest absolute Gasteiger partial charge is 0.390 e. The highest BCUT2D eigenvalue weighted by Crippen LogP contribution is 2.33. The van der Waals surface area contributed by atoms with Gasteiger partial charge in [-0.3, -0.25) is 9.59 Å². The Morgan fingerprint density at radius 2 is 1.35 bits per heavy atom. The molecule has 332 valence electrons. The number of urea groups is 1. The van der Waals surface area contributed by atoms with E-state index in [0.29, 0.717) is 24.5 Å². The number of rotatable bonds is 32. The SMILES string of the molecule is CCCCCCCCCCCCCC[C@@H](O)[C@@H](O)[C@H](CO[C@H]1O[C@H](CNC(=O)CCCC[C@@H]2SC[C@@H]3NC(=O)N[C@@H]32)[C@H](O)[C@H](O)[C@H]1O)NC(=O)CCCCCCC. The standard InChI is InChI=1S/C42H78N4O10S/c1-3-5-7-9-10-11-12-13-14-15-17-18-22-31(47)37(50)29(44-35(49)25-19-16-8-6-4-2)27-55-41-40(53)39(52)38(51)32(56-41)26-43-34(48)24-21-20-23-33-36-30(28-57-33)45-42(54)46-36/h29-33,36-41,47,50-53H,3-28H2,1-2H3,(H,43,48)(H,44,49)(H2,45,46,54)/t29-,30-,31+,32+,33-,36-,37-,38-,39-,40+,41-/m0/s1. The van der Waals surface area contributed by atoms with Gasteiger partial charge in [0.25, 0.3) is 0 Å². The molecule has 0 spiro atoms. The van der Waals surface area contributed by atoms with Crippen LogP contribution in [0.4, 0.5) is 4.79 Å². The molecule has 0 saturated carbocycles. The van der Waals surface area contributed by atoms with Gasteiger partial charge in [0, 0.05) is 30.4 Å². The van der Waals surface area contributed by atoms with Gasteiger partial charge >= 0.3 is 6.03 Å². The zero-order chi connectivity index (χ0) is 41.4. The number of ether oxygens (including phenoxy) is 2. The van der Waals surface area contributed by atoms with Gasteiger partial charge in [0.05, 0.1) is 30.8 Å². The first-order valence-electron chi connectivity index (χ1n) is 22.5. The fraction of sp³-hybridized carbons (Fsp3) is 0.929. The van der Waals surface area contributed by atoms with Gasteiger partial charge in [-0.25, -0.2) is 4.79 Å². The number of unbranched alkanes of at least 4 members (excludes halogenated alkanes) is 16. The maximum atomic E-state index is 12.9. The lowest BCUT2D eigenvalue weighted by Gasteiger charge is -2.41. The van der Waals surface area contributed by atoms with Crippen molar-refractivity contribution in [1.29, 1.82) is 0 Å². The van der Waals surface area contributed by atoms with Crippen LogP contribution in [0.25, 0.3) is 0 Å². The minimum atomic E-state index is -1.64. The topological polar surface area (TPSA) is 219 Å². The molecule has 0 radical (unpaired) electrons. The first-order chi connectivity index (χ1) is 27.5. The Kier molecular flexibility index (Phi) is 25.0. The van der Waals surface area contributed by atoms with E-state index in [1.54, 1.807) is 0 Å². The van der Waals surface area contributed by atoms with Crippen LogP contribution in [0.1, 0.15) is 162 Å².